The first-order valence-corrected chi connectivity index (χ1v) is 13.9. The molecule has 0 amide bonds. The van der Waals surface area contributed by atoms with Gasteiger partial charge in [0.2, 0.25) is 0 Å². The zero-order valence-electron chi connectivity index (χ0n) is 22.2. The lowest BCUT2D eigenvalue weighted by atomic mass is 9.95. The van der Waals surface area contributed by atoms with E-state index in [9.17, 15) is 14.4 Å². The van der Waals surface area contributed by atoms with Gasteiger partial charge in [0.05, 0.1) is 52.2 Å². The Morgan fingerprint density at radius 1 is 1.10 bits per heavy atom. The largest absolute Gasteiger partial charge is 0.490 e. The van der Waals surface area contributed by atoms with Crippen molar-refractivity contribution >= 4 is 52.6 Å². The molecule has 0 radical (unpaired) electrons. The van der Waals surface area contributed by atoms with Crippen molar-refractivity contribution in [1.29, 1.82) is 0 Å². The maximum absolute atomic E-state index is 13.8. The van der Waals surface area contributed by atoms with Gasteiger partial charge < -0.3 is 18.9 Å². The molecule has 0 saturated heterocycles. The molecule has 0 fully saturated rings. The number of methoxy groups -OCH3 is 1. The Kier molecular flexibility index (Phi) is 9.34. The monoisotopic (exact) mass is 604 g/mol. The Morgan fingerprint density at radius 2 is 1.88 bits per heavy atom. The van der Waals surface area contributed by atoms with Gasteiger partial charge in [-0.25, -0.2) is 14.6 Å². The van der Waals surface area contributed by atoms with Gasteiger partial charge in [-0.3, -0.25) is 9.36 Å². The van der Waals surface area contributed by atoms with E-state index < -0.39 is 18.0 Å². The van der Waals surface area contributed by atoms with Crippen LogP contribution in [0.5, 0.6) is 11.5 Å². The van der Waals surface area contributed by atoms with E-state index in [2.05, 4.69) is 9.73 Å². The zero-order chi connectivity index (χ0) is 29.0. The van der Waals surface area contributed by atoms with Crippen LogP contribution in [0.3, 0.4) is 0 Å². The Balaban J connectivity index is 1.92. The third kappa shape index (κ3) is 5.94. The minimum atomic E-state index is -0.874. The summed E-state index contributed by atoms with van der Waals surface area (Å²) in [6, 6.07) is 9.26. The summed E-state index contributed by atoms with van der Waals surface area (Å²) >= 11 is 13.7. The normalized spacial score (nSPS) is 14.8. The van der Waals surface area contributed by atoms with Crippen LogP contribution in [-0.2, 0) is 19.1 Å². The van der Waals surface area contributed by atoms with Gasteiger partial charge in [-0.2, -0.15) is 0 Å². The molecule has 1 aromatic heterocycles. The third-order valence-corrected chi connectivity index (χ3v) is 7.76. The SMILES string of the molecule is CCOC(=O)C1=C(C)N=c2s/c(=C/c3cccc(Cl)c3Cl)c(=O)n2[C@@H]1c1ccc(OCC(=O)OC)c(OCC)c1. The molecule has 0 unspecified atom stereocenters. The molecule has 9 nitrogen and oxygen atoms in total. The lowest BCUT2D eigenvalue weighted by Crippen LogP contribution is -2.40. The van der Waals surface area contributed by atoms with E-state index in [1.54, 1.807) is 63.2 Å². The van der Waals surface area contributed by atoms with Gasteiger partial charge >= 0.3 is 11.9 Å². The Bertz CT molecular complexity index is 1680. The summed E-state index contributed by atoms with van der Waals surface area (Å²) in [5, 5.41) is 0.679. The molecule has 2 aromatic carbocycles. The number of benzene rings is 2. The molecule has 0 spiro atoms. The van der Waals surface area contributed by atoms with E-state index in [4.69, 9.17) is 37.4 Å². The molecule has 0 N–H and O–H groups in total. The number of ether oxygens (including phenoxy) is 4. The predicted octanol–water partition coefficient (Wildman–Crippen LogP) is 4.06. The molecule has 0 aliphatic carbocycles. The quantitative estimate of drug-likeness (QED) is 0.339. The molecular weight excluding hydrogens is 579 g/mol. The Hall–Kier alpha value is -3.60. The average Bonchev–Trinajstić information content (AvgIpc) is 3.23. The van der Waals surface area contributed by atoms with E-state index in [1.165, 1.54) is 11.7 Å². The van der Waals surface area contributed by atoms with Crippen molar-refractivity contribution in [3.8, 4) is 11.5 Å². The lowest BCUT2D eigenvalue weighted by molar-refractivity contribution is -0.143. The smallest absolute Gasteiger partial charge is 0.343 e. The highest BCUT2D eigenvalue weighted by Crippen LogP contribution is 2.36. The fourth-order valence-electron chi connectivity index (χ4n) is 4.16. The number of nitrogens with zero attached hydrogens (tertiary/aromatic N) is 2. The highest BCUT2D eigenvalue weighted by Gasteiger charge is 2.34. The molecule has 1 atom stereocenters. The minimum Gasteiger partial charge on any atom is -0.490 e. The highest BCUT2D eigenvalue weighted by molar-refractivity contribution is 7.07. The number of hydrogen-bond acceptors (Lipinski definition) is 9. The summed E-state index contributed by atoms with van der Waals surface area (Å²) in [6.07, 6.45) is 1.65. The standard InChI is InChI=1S/C28H26Cl2N2O7S/c1-5-37-20-12-17(10-11-19(20)39-14-22(33)36-4)25-23(27(35)38-6-2)15(3)31-28-32(25)26(34)21(40-28)13-16-8-7-9-18(29)24(16)30/h7-13,25H,5-6,14H2,1-4H3/b21-13+/t25-/m1/s1. The van der Waals surface area contributed by atoms with Crippen LogP contribution in [0.15, 0.2) is 57.5 Å². The van der Waals surface area contributed by atoms with E-state index in [-0.39, 0.29) is 24.3 Å². The minimum absolute atomic E-state index is 0.143. The summed E-state index contributed by atoms with van der Waals surface area (Å²) in [7, 11) is 1.26. The van der Waals surface area contributed by atoms with E-state index in [0.717, 1.165) is 11.3 Å². The van der Waals surface area contributed by atoms with Crippen molar-refractivity contribution in [3.63, 3.8) is 0 Å². The molecular formula is C28H26Cl2N2O7S. The van der Waals surface area contributed by atoms with Crippen LogP contribution >= 0.6 is 34.5 Å². The van der Waals surface area contributed by atoms with Gasteiger partial charge in [0, 0.05) is 0 Å². The van der Waals surface area contributed by atoms with Crippen LogP contribution in [0, 0.1) is 0 Å². The first kappa shape index (κ1) is 29.4. The molecule has 1 aliphatic rings. The highest BCUT2D eigenvalue weighted by atomic mass is 35.5. The summed E-state index contributed by atoms with van der Waals surface area (Å²) in [5.74, 6) is -0.515. The Labute approximate surface area is 243 Å². The van der Waals surface area contributed by atoms with Gasteiger partial charge in [0.1, 0.15) is 0 Å². The number of carbonyl (C=O) groups excluding carboxylic acids is 2. The lowest BCUT2D eigenvalue weighted by Gasteiger charge is -2.25. The molecule has 0 saturated carbocycles. The molecule has 40 heavy (non-hydrogen) atoms. The molecule has 2 heterocycles. The maximum atomic E-state index is 13.8. The van der Waals surface area contributed by atoms with Gasteiger partial charge in [-0.1, -0.05) is 52.7 Å². The summed E-state index contributed by atoms with van der Waals surface area (Å²) < 4.78 is 23.2. The number of fused-ring (bicyclic) bond motifs is 1. The number of rotatable bonds is 9. The van der Waals surface area contributed by atoms with Crippen LogP contribution in [0.25, 0.3) is 6.08 Å². The van der Waals surface area contributed by atoms with Crippen LogP contribution < -0.4 is 24.4 Å². The van der Waals surface area contributed by atoms with Gasteiger partial charge in [-0.15, -0.1) is 0 Å². The number of carbonyl (C=O) groups is 2. The summed E-state index contributed by atoms with van der Waals surface area (Å²) in [6.45, 7) is 5.33. The first-order valence-electron chi connectivity index (χ1n) is 12.3. The van der Waals surface area contributed by atoms with Crippen LogP contribution in [0.1, 0.15) is 37.9 Å². The molecule has 0 bridgehead atoms. The van der Waals surface area contributed by atoms with Crippen molar-refractivity contribution in [3.05, 3.63) is 88.5 Å². The van der Waals surface area contributed by atoms with Crippen molar-refractivity contribution in [2.75, 3.05) is 26.9 Å². The fourth-order valence-corrected chi connectivity index (χ4v) is 5.56. The molecule has 1 aliphatic heterocycles. The number of aromatic nitrogens is 1. The summed E-state index contributed by atoms with van der Waals surface area (Å²) in [5.41, 5.74) is 1.39. The van der Waals surface area contributed by atoms with E-state index in [1.807, 2.05) is 0 Å². The van der Waals surface area contributed by atoms with Crippen molar-refractivity contribution in [2.45, 2.75) is 26.8 Å². The number of halogens is 2. The van der Waals surface area contributed by atoms with Gasteiger partial charge in [0.25, 0.3) is 5.56 Å². The van der Waals surface area contributed by atoms with Crippen molar-refractivity contribution < 1.29 is 28.5 Å². The molecule has 210 valence electrons. The second kappa shape index (κ2) is 12.7. The molecule has 4 rings (SSSR count). The van der Waals surface area contributed by atoms with Crippen molar-refractivity contribution in [2.24, 2.45) is 4.99 Å². The number of hydrogen-bond donors (Lipinski definition) is 0. The fraction of sp³-hybridized carbons (Fsp3) is 0.286. The second-order valence-electron chi connectivity index (χ2n) is 8.45. The van der Waals surface area contributed by atoms with Crippen LogP contribution in [-0.4, -0.2) is 43.4 Å². The number of thiazole rings is 1. The van der Waals surface area contributed by atoms with Gasteiger partial charge in [-0.05, 0) is 56.2 Å². The topological polar surface area (TPSA) is 105 Å². The van der Waals surface area contributed by atoms with Gasteiger partial charge in [0.15, 0.2) is 22.9 Å². The maximum Gasteiger partial charge on any atom is 0.343 e. The Morgan fingerprint density at radius 3 is 2.58 bits per heavy atom. The predicted molar refractivity (Wildman–Crippen MR) is 152 cm³/mol. The van der Waals surface area contributed by atoms with Crippen LogP contribution in [0.2, 0.25) is 10.0 Å². The number of allylic oxidation sites excluding steroid dienone is 1. The molecule has 12 heteroatoms. The van der Waals surface area contributed by atoms with Crippen molar-refractivity contribution in [1.82, 2.24) is 4.57 Å². The second-order valence-corrected chi connectivity index (χ2v) is 10.2. The van der Waals surface area contributed by atoms with E-state index in [0.29, 0.717) is 54.3 Å². The summed E-state index contributed by atoms with van der Waals surface area (Å²) in [4.78, 5) is 43.6. The van der Waals surface area contributed by atoms with Crippen LogP contribution in [0.4, 0.5) is 0 Å². The first-order chi connectivity index (χ1) is 19.2. The zero-order valence-corrected chi connectivity index (χ0v) is 24.5. The van der Waals surface area contributed by atoms with E-state index >= 15 is 0 Å². The average molecular weight is 605 g/mol. The molecule has 3 aromatic rings. The number of esters is 2. The third-order valence-electron chi connectivity index (χ3n) is 5.94.